The van der Waals surface area contributed by atoms with Crippen LogP contribution in [0.25, 0.3) is 12.2 Å². The van der Waals surface area contributed by atoms with Crippen LogP contribution in [0, 0.1) is 0 Å². The zero-order valence-corrected chi connectivity index (χ0v) is 8.42. The molecule has 0 unspecified atom stereocenters. The van der Waals surface area contributed by atoms with Gasteiger partial charge in [0.25, 0.3) is 0 Å². The highest BCUT2D eigenvalue weighted by Crippen LogP contribution is 2.07. The quantitative estimate of drug-likeness (QED) is 0.684. The fraction of sp³-hybridized carbons (Fsp3) is 0.0909. The fourth-order valence-corrected chi connectivity index (χ4v) is 1.16. The summed E-state index contributed by atoms with van der Waals surface area (Å²) in [6.45, 7) is 3.72. The Morgan fingerprint density at radius 1 is 1.33 bits per heavy atom. The summed E-state index contributed by atoms with van der Waals surface area (Å²) in [7, 11) is 0. The van der Waals surface area contributed by atoms with E-state index >= 15 is 0 Å². The van der Waals surface area contributed by atoms with Crippen molar-refractivity contribution in [2.24, 2.45) is 0 Å². The lowest BCUT2D eigenvalue weighted by Crippen LogP contribution is -1.74. The molecule has 0 nitrogen and oxygen atoms in total. The zero-order valence-electron chi connectivity index (χ0n) is 6.83. The van der Waals surface area contributed by atoms with Crippen LogP contribution in [-0.4, -0.2) is 5.33 Å². The first-order valence-electron chi connectivity index (χ1n) is 3.82. The van der Waals surface area contributed by atoms with Crippen LogP contribution in [0.2, 0.25) is 0 Å². The molecule has 0 amide bonds. The maximum absolute atomic E-state index is 3.72. The monoisotopic (exact) mass is 222 g/mol. The third kappa shape index (κ3) is 2.67. The number of halogens is 1. The Kier molecular flexibility index (Phi) is 3.81. The predicted molar refractivity (Wildman–Crippen MR) is 59.4 cm³/mol. The van der Waals surface area contributed by atoms with Crippen molar-refractivity contribution < 1.29 is 0 Å². The number of rotatable bonds is 3. The van der Waals surface area contributed by atoms with Crippen molar-refractivity contribution in [3.05, 3.63) is 48.0 Å². The second-order valence-corrected chi connectivity index (χ2v) is 3.08. The minimum Gasteiger partial charge on any atom is -0.0985 e. The van der Waals surface area contributed by atoms with Crippen LogP contribution in [0.4, 0.5) is 0 Å². The van der Waals surface area contributed by atoms with E-state index in [1.807, 2.05) is 18.2 Å². The standard InChI is InChI=1S/C11H11Br/c1-2-10-5-3-6-11(9-10)7-4-8-12/h2-7,9H,1,8H2. The van der Waals surface area contributed by atoms with E-state index in [2.05, 4.69) is 46.8 Å². The molecule has 0 aliphatic carbocycles. The molecule has 0 atom stereocenters. The van der Waals surface area contributed by atoms with Crippen molar-refractivity contribution in [2.75, 3.05) is 5.33 Å². The molecule has 1 rings (SSSR count). The summed E-state index contributed by atoms with van der Waals surface area (Å²) in [5, 5.41) is 0.894. The Labute approximate surface area is 81.7 Å². The average Bonchev–Trinajstić information content (AvgIpc) is 2.15. The third-order valence-electron chi connectivity index (χ3n) is 1.55. The van der Waals surface area contributed by atoms with E-state index in [-0.39, 0.29) is 0 Å². The van der Waals surface area contributed by atoms with Gasteiger partial charge in [-0.05, 0) is 17.2 Å². The van der Waals surface area contributed by atoms with Crippen molar-refractivity contribution in [2.45, 2.75) is 0 Å². The van der Waals surface area contributed by atoms with Gasteiger partial charge in [-0.2, -0.15) is 0 Å². The van der Waals surface area contributed by atoms with Crippen LogP contribution in [0.5, 0.6) is 0 Å². The van der Waals surface area contributed by atoms with Gasteiger partial charge in [0.1, 0.15) is 0 Å². The topological polar surface area (TPSA) is 0 Å². The fourth-order valence-electron chi connectivity index (χ4n) is 0.970. The van der Waals surface area contributed by atoms with Gasteiger partial charge in [0.2, 0.25) is 0 Å². The molecule has 0 bridgehead atoms. The Morgan fingerprint density at radius 3 is 2.75 bits per heavy atom. The number of hydrogen-bond donors (Lipinski definition) is 0. The van der Waals surface area contributed by atoms with Crippen molar-refractivity contribution in [1.29, 1.82) is 0 Å². The van der Waals surface area contributed by atoms with E-state index in [1.165, 1.54) is 5.56 Å². The van der Waals surface area contributed by atoms with E-state index in [0.29, 0.717) is 0 Å². The smallest absolute Gasteiger partial charge is 0.0215 e. The molecule has 0 aliphatic heterocycles. The summed E-state index contributed by atoms with van der Waals surface area (Å²) >= 11 is 3.34. The number of allylic oxidation sites excluding steroid dienone is 1. The summed E-state index contributed by atoms with van der Waals surface area (Å²) in [5.74, 6) is 0. The molecule has 0 aliphatic rings. The summed E-state index contributed by atoms with van der Waals surface area (Å²) < 4.78 is 0. The lowest BCUT2D eigenvalue weighted by molar-refractivity contribution is 1.61. The Balaban J connectivity index is 2.86. The zero-order chi connectivity index (χ0) is 8.81. The highest BCUT2D eigenvalue weighted by molar-refractivity contribution is 9.09. The van der Waals surface area contributed by atoms with Gasteiger partial charge in [0.05, 0.1) is 0 Å². The molecule has 0 N–H and O–H groups in total. The van der Waals surface area contributed by atoms with Crippen LogP contribution in [0.1, 0.15) is 11.1 Å². The summed E-state index contributed by atoms with van der Waals surface area (Å²) in [5.41, 5.74) is 2.37. The molecule has 0 fully saturated rings. The van der Waals surface area contributed by atoms with E-state index in [0.717, 1.165) is 10.9 Å². The van der Waals surface area contributed by atoms with E-state index in [1.54, 1.807) is 0 Å². The molecule has 0 heterocycles. The first kappa shape index (κ1) is 9.27. The van der Waals surface area contributed by atoms with Gasteiger partial charge >= 0.3 is 0 Å². The van der Waals surface area contributed by atoms with Crippen LogP contribution in [-0.2, 0) is 0 Å². The van der Waals surface area contributed by atoms with Crippen molar-refractivity contribution in [3.63, 3.8) is 0 Å². The normalized spacial score (nSPS) is 10.4. The highest BCUT2D eigenvalue weighted by Gasteiger charge is 1.86. The molecule has 1 heteroatoms. The molecule has 12 heavy (non-hydrogen) atoms. The van der Waals surface area contributed by atoms with Crippen LogP contribution < -0.4 is 0 Å². The summed E-state index contributed by atoms with van der Waals surface area (Å²) in [6, 6.07) is 8.25. The van der Waals surface area contributed by atoms with Crippen molar-refractivity contribution in [1.82, 2.24) is 0 Å². The van der Waals surface area contributed by atoms with Gasteiger partial charge in [-0.15, -0.1) is 0 Å². The minimum absolute atomic E-state index is 0.894. The van der Waals surface area contributed by atoms with E-state index in [4.69, 9.17) is 0 Å². The first-order chi connectivity index (χ1) is 5.86. The lowest BCUT2D eigenvalue weighted by Gasteiger charge is -1.94. The Bertz CT molecular complexity index is 287. The lowest BCUT2D eigenvalue weighted by atomic mass is 10.1. The van der Waals surface area contributed by atoms with Crippen LogP contribution >= 0.6 is 15.9 Å². The molecule has 1 aromatic carbocycles. The predicted octanol–water partition coefficient (Wildman–Crippen LogP) is 3.74. The summed E-state index contributed by atoms with van der Waals surface area (Å²) in [6.07, 6.45) is 6.01. The van der Waals surface area contributed by atoms with Crippen LogP contribution in [0.3, 0.4) is 0 Å². The first-order valence-corrected chi connectivity index (χ1v) is 4.94. The Morgan fingerprint density at radius 2 is 2.08 bits per heavy atom. The molecule has 0 saturated carbocycles. The molecular formula is C11H11Br. The van der Waals surface area contributed by atoms with Gasteiger partial charge in [-0.1, -0.05) is 58.9 Å². The third-order valence-corrected chi connectivity index (χ3v) is 1.92. The summed E-state index contributed by atoms with van der Waals surface area (Å²) in [4.78, 5) is 0. The van der Waals surface area contributed by atoms with Gasteiger partial charge in [-0.25, -0.2) is 0 Å². The second kappa shape index (κ2) is 4.94. The number of benzene rings is 1. The van der Waals surface area contributed by atoms with Crippen LogP contribution in [0.15, 0.2) is 36.9 Å². The van der Waals surface area contributed by atoms with E-state index < -0.39 is 0 Å². The minimum atomic E-state index is 0.894. The molecular weight excluding hydrogens is 212 g/mol. The highest BCUT2D eigenvalue weighted by atomic mass is 79.9. The second-order valence-electron chi connectivity index (χ2n) is 2.43. The molecule has 0 aromatic heterocycles. The average molecular weight is 223 g/mol. The molecule has 1 aromatic rings. The SMILES string of the molecule is C=Cc1cccc(C=CCBr)c1. The molecule has 0 saturated heterocycles. The molecule has 0 spiro atoms. The van der Waals surface area contributed by atoms with Gasteiger partial charge in [0.15, 0.2) is 0 Å². The molecule has 0 radical (unpaired) electrons. The van der Waals surface area contributed by atoms with Crippen molar-refractivity contribution in [3.8, 4) is 0 Å². The van der Waals surface area contributed by atoms with Gasteiger partial charge in [-0.3, -0.25) is 0 Å². The molecule has 62 valence electrons. The largest absolute Gasteiger partial charge is 0.0985 e. The van der Waals surface area contributed by atoms with Crippen molar-refractivity contribution >= 4 is 28.1 Å². The Hall–Kier alpha value is -0.820. The number of hydrogen-bond acceptors (Lipinski definition) is 0. The maximum Gasteiger partial charge on any atom is 0.0215 e. The maximum atomic E-state index is 3.72. The number of alkyl halides is 1. The van der Waals surface area contributed by atoms with Gasteiger partial charge < -0.3 is 0 Å². The van der Waals surface area contributed by atoms with Gasteiger partial charge in [0, 0.05) is 5.33 Å². The van der Waals surface area contributed by atoms with E-state index in [9.17, 15) is 0 Å².